The number of nitrogens with one attached hydrogen (secondary N) is 1. The lowest BCUT2D eigenvalue weighted by Crippen LogP contribution is -2.39. The van der Waals surface area contributed by atoms with E-state index >= 15 is 0 Å². The number of amidine groups is 1. The number of aliphatic imine (C=N–C) groups is 3. The van der Waals surface area contributed by atoms with Crippen molar-refractivity contribution in [2.24, 2.45) is 20.7 Å². The van der Waals surface area contributed by atoms with Gasteiger partial charge in [0.2, 0.25) is 4.71 Å². The number of thioether (sulfide) groups is 1. The second kappa shape index (κ2) is 3.31. The number of carbonyl (C=O) groups excluding carboxylic acids is 1. The van der Waals surface area contributed by atoms with Crippen LogP contribution in [0.3, 0.4) is 0 Å². The number of hydrogen-bond acceptors (Lipinski definition) is 7. The molecule has 8 nitrogen and oxygen atoms in total. The molecule has 0 saturated carbocycles. The second-order valence-corrected chi connectivity index (χ2v) is 5.68. The quantitative estimate of drug-likeness (QED) is 0.639. The van der Waals surface area contributed by atoms with E-state index in [0.29, 0.717) is 5.04 Å². The Morgan fingerprint density at radius 2 is 2.33 bits per heavy atom. The van der Waals surface area contributed by atoms with Gasteiger partial charge >= 0.3 is 6.03 Å². The van der Waals surface area contributed by atoms with Gasteiger partial charge in [-0.15, -0.1) is 0 Å². The molecule has 0 aromatic heterocycles. The molecule has 2 aliphatic heterocycles. The number of hydrogen-bond donors (Lipinski definition) is 2. The molecule has 0 aromatic carbocycles. The number of fused-ring (bicyclic) bond motifs is 1. The van der Waals surface area contributed by atoms with Crippen molar-refractivity contribution in [1.29, 1.82) is 0 Å². The highest BCUT2D eigenvalue weighted by Crippen LogP contribution is 2.28. The van der Waals surface area contributed by atoms with Crippen molar-refractivity contribution in [1.82, 2.24) is 4.72 Å². The van der Waals surface area contributed by atoms with E-state index in [-0.39, 0.29) is 5.84 Å². The van der Waals surface area contributed by atoms with E-state index in [1.807, 2.05) is 0 Å². The van der Waals surface area contributed by atoms with E-state index in [4.69, 9.17) is 5.73 Å². The van der Waals surface area contributed by atoms with Crippen molar-refractivity contribution in [3.8, 4) is 0 Å². The highest BCUT2D eigenvalue weighted by Gasteiger charge is 2.36. The predicted octanol–water partition coefficient (Wildman–Crippen LogP) is -1.15. The number of nitrogens with two attached hydrogens (primary N) is 1. The van der Waals surface area contributed by atoms with Crippen LogP contribution in [0.2, 0.25) is 0 Å². The van der Waals surface area contributed by atoms with Gasteiger partial charge in [0.15, 0.2) is 5.84 Å². The first-order valence-electron chi connectivity index (χ1n) is 3.65. The van der Waals surface area contributed by atoms with Gasteiger partial charge in [-0.25, -0.2) is 32.9 Å². The van der Waals surface area contributed by atoms with Crippen LogP contribution >= 0.6 is 11.8 Å². The van der Waals surface area contributed by atoms with Gasteiger partial charge in [-0.05, 0) is 0 Å². The zero-order valence-electron chi connectivity index (χ0n) is 7.11. The lowest BCUT2D eigenvalue weighted by molar-refractivity contribution is 0.253. The number of nitrogens with zero attached hydrogens (tertiary/aromatic N) is 3. The molecule has 15 heavy (non-hydrogen) atoms. The fraction of sp³-hybridized carbons (Fsp3) is 0.200. The van der Waals surface area contributed by atoms with E-state index in [0.717, 1.165) is 11.8 Å². The van der Waals surface area contributed by atoms with E-state index in [1.165, 1.54) is 6.34 Å². The Kier molecular flexibility index (Phi) is 2.23. The highest BCUT2D eigenvalue weighted by atomic mass is 32.3. The monoisotopic (exact) mass is 247 g/mol. The molecule has 2 amide bonds. The SMILES string of the molecule is NC(=O)NS(=O)(=O)C1N=C2N=CN=C2S1. The maximum Gasteiger partial charge on any atom is 0.325 e. The number of rotatable bonds is 2. The molecule has 0 radical (unpaired) electrons. The summed E-state index contributed by atoms with van der Waals surface area (Å²) in [4.78, 5) is 21.7. The molecular formula is C5H5N5O3S2. The minimum Gasteiger partial charge on any atom is -0.351 e. The molecule has 0 fully saturated rings. The largest absolute Gasteiger partial charge is 0.351 e. The Balaban J connectivity index is 2.22. The third-order valence-electron chi connectivity index (χ3n) is 1.49. The second-order valence-electron chi connectivity index (χ2n) is 2.57. The molecule has 0 spiro atoms. The van der Waals surface area contributed by atoms with Gasteiger partial charge in [-0.2, -0.15) is 0 Å². The van der Waals surface area contributed by atoms with Crippen LogP contribution in [0.5, 0.6) is 0 Å². The molecule has 10 heteroatoms. The summed E-state index contributed by atoms with van der Waals surface area (Å²) in [6.07, 6.45) is 1.28. The first-order chi connectivity index (χ1) is 6.99. The molecule has 0 aliphatic carbocycles. The molecule has 1 atom stereocenters. The van der Waals surface area contributed by atoms with Crippen LogP contribution in [0.1, 0.15) is 0 Å². The van der Waals surface area contributed by atoms with Crippen LogP contribution in [0.4, 0.5) is 4.79 Å². The van der Waals surface area contributed by atoms with Gasteiger partial charge < -0.3 is 5.73 Å². The van der Waals surface area contributed by atoms with Crippen LogP contribution in [0.15, 0.2) is 15.0 Å². The summed E-state index contributed by atoms with van der Waals surface area (Å²) in [6.45, 7) is 0. The van der Waals surface area contributed by atoms with Crippen LogP contribution < -0.4 is 10.5 Å². The summed E-state index contributed by atoms with van der Waals surface area (Å²) in [7, 11) is -3.91. The zero-order valence-corrected chi connectivity index (χ0v) is 8.75. The molecule has 3 N–H and O–H groups in total. The van der Waals surface area contributed by atoms with Crippen molar-refractivity contribution >= 4 is 45.0 Å². The van der Waals surface area contributed by atoms with Crippen LogP contribution in [0.25, 0.3) is 0 Å². The highest BCUT2D eigenvalue weighted by molar-refractivity contribution is 8.24. The normalized spacial score (nSPS) is 23.3. The van der Waals surface area contributed by atoms with Gasteiger partial charge in [0.1, 0.15) is 11.4 Å². The Hall–Kier alpha value is -1.42. The Morgan fingerprint density at radius 3 is 2.93 bits per heavy atom. The molecule has 2 aliphatic rings. The average Bonchev–Trinajstić information content (AvgIpc) is 2.56. The molecule has 2 heterocycles. The zero-order chi connectivity index (χ0) is 11.1. The van der Waals surface area contributed by atoms with Crippen LogP contribution in [-0.2, 0) is 10.0 Å². The minimum absolute atomic E-state index is 0.264. The van der Waals surface area contributed by atoms with Crippen molar-refractivity contribution in [3.05, 3.63) is 0 Å². The van der Waals surface area contributed by atoms with Gasteiger partial charge in [-0.3, -0.25) is 0 Å². The third kappa shape index (κ3) is 1.85. The fourth-order valence-electron chi connectivity index (χ4n) is 0.966. The molecule has 0 bridgehead atoms. The van der Waals surface area contributed by atoms with E-state index in [1.54, 1.807) is 4.72 Å². The maximum atomic E-state index is 11.4. The van der Waals surface area contributed by atoms with E-state index in [9.17, 15) is 13.2 Å². The van der Waals surface area contributed by atoms with Crippen molar-refractivity contribution in [2.75, 3.05) is 0 Å². The van der Waals surface area contributed by atoms with Gasteiger partial charge in [-0.1, -0.05) is 11.8 Å². The van der Waals surface area contributed by atoms with E-state index in [2.05, 4.69) is 15.0 Å². The Morgan fingerprint density at radius 1 is 1.60 bits per heavy atom. The summed E-state index contributed by atoms with van der Waals surface area (Å²) >= 11 is 0.893. The summed E-state index contributed by atoms with van der Waals surface area (Å²) in [5.41, 5.74) is 4.72. The average molecular weight is 247 g/mol. The number of amides is 2. The van der Waals surface area contributed by atoms with Crippen molar-refractivity contribution in [2.45, 2.75) is 4.71 Å². The summed E-state index contributed by atoms with van der Waals surface area (Å²) < 4.78 is 23.3. The fourth-order valence-corrected chi connectivity index (χ4v) is 3.17. The van der Waals surface area contributed by atoms with Gasteiger partial charge in [0.25, 0.3) is 10.0 Å². The first-order valence-corrected chi connectivity index (χ1v) is 6.08. The molecular weight excluding hydrogens is 242 g/mol. The van der Waals surface area contributed by atoms with Crippen molar-refractivity contribution in [3.63, 3.8) is 0 Å². The van der Waals surface area contributed by atoms with Gasteiger partial charge in [0.05, 0.1) is 0 Å². The lowest BCUT2D eigenvalue weighted by atomic mass is 10.7. The van der Waals surface area contributed by atoms with Gasteiger partial charge in [0, 0.05) is 0 Å². The standard InChI is InChI=1S/C5H5N5O3S2/c6-4(11)10-15(12,13)5-9-2-3(14-5)8-1-7-2/h1,5H,(H3,6,10,11). The summed E-state index contributed by atoms with van der Waals surface area (Å²) in [5.74, 6) is 0.264. The summed E-state index contributed by atoms with van der Waals surface area (Å²) in [5, 5.41) is 0.426. The minimum atomic E-state index is -3.91. The first kappa shape index (κ1) is 10.1. The molecule has 1 unspecified atom stereocenters. The molecule has 80 valence electrons. The Labute approximate surface area is 88.8 Å². The molecule has 0 aromatic rings. The lowest BCUT2D eigenvalue weighted by Gasteiger charge is -2.06. The number of primary amides is 1. The van der Waals surface area contributed by atoms with Crippen LogP contribution in [0, 0.1) is 0 Å². The third-order valence-corrected chi connectivity index (χ3v) is 4.48. The van der Waals surface area contributed by atoms with Crippen LogP contribution in [-0.4, -0.2) is 36.4 Å². The van der Waals surface area contributed by atoms with E-state index < -0.39 is 20.8 Å². The number of sulfonamides is 1. The molecule has 0 saturated heterocycles. The number of carbonyl (C=O) groups is 1. The Bertz CT molecular complexity index is 505. The summed E-state index contributed by atoms with van der Waals surface area (Å²) in [6, 6.07) is -1.14. The maximum absolute atomic E-state index is 11.4. The molecule has 2 rings (SSSR count). The number of urea groups is 1. The predicted molar refractivity (Wildman–Crippen MR) is 56.4 cm³/mol. The smallest absolute Gasteiger partial charge is 0.325 e. The topological polar surface area (TPSA) is 126 Å². The van der Waals surface area contributed by atoms with Crippen molar-refractivity contribution < 1.29 is 13.2 Å².